The Bertz CT molecular complexity index is 350. The van der Waals surface area contributed by atoms with Gasteiger partial charge in [0.05, 0.1) is 24.8 Å². The van der Waals surface area contributed by atoms with Crippen molar-refractivity contribution in [3.8, 4) is 6.07 Å². The minimum Gasteiger partial charge on any atom is -0.361 e. The SMILES string of the molecule is CN1C(C#N)C[CH-]C1C(OP)C1COC(C)(C)O1.[Y+3]. The van der Waals surface area contributed by atoms with Gasteiger partial charge in [-0.2, -0.15) is 5.26 Å². The van der Waals surface area contributed by atoms with E-state index in [4.69, 9.17) is 19.3 Å². The Kier molecular flexibility index (Phi) is 6.81. The molecule has 0 saturated carbocycles. The number of rotatable bonds is 3. The van der Waals surface area contributed by atoms with Crippen LogP contribution in [0.25, 0.3) is 0 Å². The van der Waals surface area contributed by atoms with Crippen LogP contribution in [-0.4, -0.2) is 48.6 Å². The third-order valence-corrected chi connectivity index (χ3v) is 3.92. The first-order valence-corrected chi connectivity index (χ1v) is 6.58. The molecule has 2 fully saturated rings. The molecule has 7 heteroatoms. The summed E-state index contributed by atoms with van der Waals surface area (Å²) in [5, 5.41) is 9.04. The van der Waals surface area contributed by atoms with Gasteiger partial charge in [0.1, 0.15) is 6.10 Å². The Hall–Kier alpha value is 0.864. The smallest absolute Gasteiger partial charge is 0.361 e. The molecule has 0 radical (unpaired) electrons. The topological polar surface area (TPSA) is 54.7 Å². The first-order valence-electron chi connectivity index (χ1n) is 6.10. The number of nitrogens with zero attached hydrogens (tertiary/aromatic N) is 2. The molecule has 0 aromatic rings. The first-order chi connectivity index (χ1) is 8.48. The fourth-order valence-corrected chi connectivity index (χ4v) is 2.92. The van der Waals surface area contributed by atoms with Crippen molar-refractivity contribution in [3.63, 3.8) is 0 Å². The largest absolute Gasteiger partial charge is 3.00 e. The molecule has 2 heterocycles. The van der Waals surface area contributed by atoms with Gasteiger partial charge in [-0.05, 0) is 20.9 Å². The van der Waals surface area contributed by atoms with Crippen LogP contribution in [0.5, 0.6) is 0 Å². The molecule has 5 unspecified atom stereocenters. The van der Waals surface area contributed by atoms with Crippen LogP contribution in [0.3, 0.4) is 0 Å². The van der Waals surface area contributed by atoms with E-state index in [9.17, 15) is 0 Å². The molecule has 19 heavy (non-hydrogen) atoms. The van der Waals surface area contributed by atoms with Gasteiger partial charge in [0.25, 0.3) is 0 Å². The minimum atomic E-state index is -0.558. The van der Waals surface area contributed by atoms with Gasteiger partial charge >= 0.3 is 32.7 Å². The number of hydrogen-bond donors (Lipinski definition) is 0. The second kappa shape index (κ2) is 7.23. The quantitative estimate of drug-likeness (QED) is 0.558. The summed E-state index contributed by atoms with van der Waals surface area (Å²) in [5.41, 5.74) is 0. The molecular formula is C12H20N2O3PY+2. The van der Waals surface area contributed by atoms with E-state index < -0.39 is 5.79 Å². The number of ether oxygens (including phenoxy) is 2. The van der Waals surface area contributed by atoms with Gasteiger partial charge in [0.15, 0.2) is 5.79 Å². The average molecular weight is 360 g/mol. The van der Waals surface area contributed by atoms with Crippen molar-refractivity contribution >= 4 is 9.47 Å². The summed E-state index contributed by atoms with van der Waals surface area (Å²) in [5.74, 6) is -0.558. The molecule has 2 aliphatic heterocycles. The fourth-order valence-electron chi connectivity index (χ4n) is 2.58. The molecule has 0 spiro atoms. The van der Waals surface area contributed by atoms with Gasteiger partial charge in [0.2, 0.25) is 0 Å². The van der Waals surface area contributed by atoms with Crippen molar-refractivity contribution in [2.24, 2.45) is 0 Å². The van der Waals surface area contributed by atoms with Crippen molar-refractivity contribution in [2.75, 3.05) is 13.7 Å². The molecule has 0 bridgehead atoms. The minimum absolute atomic E-state index is 0. The zero-order chi connectivity index (χ0) is 13.3. The van der Waals surface area contributed by atoms with E-state index in [1.54, 1.807) is 0 Å². The van der Waals surface area contributed by atoms with Gasteiger partial charge < -0.3 is 25.3 Å². The molecular weight excluding hydrogens is 340 g/mol. The van der Waals surface area contributed by atoms with Crippen LogP contribution in [0.15, 0.2) is 0 Å². The van der Waals surface area contributed by atoms with Crippen LogP contribution < -0.4 is 0 Å². The fraction of sp³-hybridized carbons (Fsp3) is 0.833. The second-order valence-corrected chi connectivity index (χ2v) is 5.51. The van der Waals surface area contributed by atoms with E-state index in [1.807, 2.05) is 25.8 Å². The molecule has 2 aliphatic rings. The monoisotopic (exact) mass is 360 g/mol. The van der Waals surface area contributed by atoms with Crippen LogP contribution in [0.4, 0.5) is 0 Å². The van der Waals surface area contributed by atoms with Crippen LogP contribution in [-0.2, 0) is 46.7 Å². The van der Waals surface area contributed by atoms with Crippen molar-refractivity contribution < 1.29 is 46.7 Å². The predicted octanol–water partition coefficient (Wildman–Crippen LogP) is 1.11. The Balaban J connectivity index is 0.00000180. The van der Waals surface area contributed by atoms with Crippen LogP contribution in [0, 0.1) is 17.8 Å². The Morgan fingerprint density at radius 2 is 2.26 bits per heavy atom. The Morgan fingerprint density at radius 1 is 1.58 bits per heavy atom. The predicted molar refractivity (Wildman–Crippen MR) is 69.4 cm³/mol. The summed E-state index contributed by atoms with van der Waals surface area (Å²) < 4.78 is 16.9. The summed E-state index contributed by atoms with van der Waals surface area (Å²) in [4.78, 5) is 2.03. The Labute approximate surface area is 142 Å². The maximum absolute atomic E-state index is 9.04. The molecule has 102 valence electrons. The number of likely N-dealkylation sites (tertiary alicyclic amines) is 1. The number of likely N-dealkylation sites (N-methyl/N-ethyl adjacent to an activating group) is 1. The third-order valence-electron chi connectivity index (χ3n) is 3.60. The third kappa shape index (κ3) is 3.95. The van der Waals surface area contributed by atoms with E-state index in [0.717, 1.165) is 6.42 Å². The van der Waals surface area contributed by atoms with Gasteiger partial charge in [-0.25, -0.2) is 0 Å². The molecule has 5 nitrogen and oxygen atoms in total. The summed E-state index contributed by atoms with van der Waals surface area (Å²) in [6.07, 6.45) is 2.63. The van der Waals surface area contributed by atoms with E-state index in [-0.39, 0.29) is 57.0 Å². The van der Waals surface area contributed by atoms with Gasteiger partial charge in [0, 0.05) is 9.47 Å². The molecule has 2 rings (SSSR count). The van der Waals surface area contributed by atoms with E-state index in [2.05, 4.69) is 22.0 Å². The summed E-state index contributed by atoms with van der Waals surface area (Å²) in [6, 6.07) is 2.29. The molecule has 0 aromatic carbocycles. The van der Waals surface area contributed by atoms with E-state index in [0.29, 0.717) is 6.61 Å². The van der Waals surface area contributed by atoms with E-state index in [1.165, 1.54) is 0 Å². The van der Waals surface area contributed by atoms with Crippen LogP contribution >= 0.6 is 9.47 Å². The second-order valence-electron chi connectivity index (χ2n) is 5.24. The van der Waals surface area contributed by atoms with Gasteiger partial charge in [-0.15, -0.1) is 6.42 Å². The molecule has 0 aliphatic carbocycles. The average Bonchev–Trinajstić information content (AvgIpc) is 2.85. The van der Waals surface area contributed by atoms with Gasteiger partial charge in [-0.1, -0.05) is 6.04 Å². The van der Waals surface area contributed by atoms with Crippen molar-refractivity contribution in [2.45, 2.75) is 50.3 Å². The van der Waals surface area contributed by atoms with Crippen molar-refractivity contribution in [3.05, 3.63) is 6.42 Å². The summed E-state index contributed by atoms with van der Waals surface area (Å²) in [7, 11) is 4.25. The van der Waals surface area contributed by atoms with Crippen molar-refractivity contribution in [1.82, 2.24) is 4.90 Å². The molecule has 0 aromatic heterocycles. The van der Waals surface area contributed by atoms with Crippen molar-refractivity contribution in [1.29, 1.82) is 5.26 Å². The van der Waals surface area contributed by atoms with E-state index >= 15 is 0 Å². The number of nitriles is 1. The number of hydrogen-bond acceptors (Lipinski definition) is 5. The molecule has 5 atom stereocenters. The molecule has 0 amide bonds. The summed E-state index contributed by atoms with van der Waals surface area (Å²) in [6.45, 7) is 4.31. The molecule has 2 saturated heterocycles. The zero-order valence-corrected chi connectivity index (χ0v) is 15.6. The standard InChI is InChI=1S/C12H20N2O3P.Y/c1-12(2)15-7-10(16-12)11(17-18)9-5-4-8(6-13)14(9)3;/h5,8-11H,4,7,18H2,1-3H3;/q-1;+3. The first kappa shape index (κ1) is 17.9. The summed E-state index contributed by atoms with van der Waals surface area (Å²) >= 11 is 0. The normalized spacial score (nSPS) is 35.6. The maximum atomic E-state index is 9.04. The maximum Gasteiger partial charge on any atom is 3.00 e. The van der Waals surface area contributed by atoms with Crippen LogP contribution in [0.2, 0.25) is 0 Å². The molecule has 0 N–H and O–H groups in total. The van der Waals surface area contributed by atoms with Crippen LogP contribution in [0.1, 0.15) is 20.3 Å². The zero-order valence-electron chi connectivity index (χ0n) is 11.6. The Morgan fingerprint density at radius 3 is 2.68 bits per heavy atom. The van der Waals surface area contributed by atoms with Gasteiger partial charge in [-0.3, -0.25) is 0 Å².